The average Bonchev–Trinajstić information content (AvgIpc) is 2.65. The number of morpholine rings is 2. The lowest BCUT2D eigenvalue weighted by Gasteiger charge is -2.26. The Labute approximate surface area is 139 Å². The number of carbonyl (C=O) groups excluding carboxylic acids is 2. The fraction of sp³-hybridized carbons (Fsp3) is 0.500. The molecular weight excluding hydrogens is 316 g/mol. The van der Waals surface area contributed by atoms with Crippen molar-refractivity contribution in [3.63, 3.8) is 0 Å². The van der Waals surface area contributed by atoms with Crippen molar-refractivity contribution < 1.29 is 28.5 Å². The summed E-state index contributed by atoms with van der Waals surface area (Å²) in [5, 5.41) is 0. The van der Waals surface area contributed by atoms with Gasteiger partial charge in [0.25, 0.3) is 0 Å². The molecule has 0 saturated carbocycles. The Kier molecular flexibility index (Phi) is 5.50. The highest BCUT2D eigenvalue weighted by Crippen LogP contribution is 2.19. The van der Waals surface area contributed by atoms with E-state index >= 15 is 0 Å². The van der Waals surface area contributed by atoms with Gasteiger partial charge in [-0.2, -0.15) is 0 Å². The summed E-state index contributed by atoms with van der Waals surface area (Å²) in [5.41, 5.74) is 0. The molecule has 2 saturated heterocycles. The zero-order valence-electron chi connectivity index (χ0n) is 13.3. The van der Waals surface area contributed by atoms with Crippen LogP contribution >= 0.6 is 0 Å². The van der Waals surface area contributed by atoms with E-state index < -0.39 is 12.2 Å². The summed E-state index contributed by atoms with van der Waals surface area (Å²) < 4.78 is 21.0. The molecule has 2 aliphatic heterocycles. The molecule has 0 bridgehead atoms. The molecule has 2 amide bonds. The second kappa shape index (κ2) is 7.98. The Balaban J connectivity index is 1.51. The number of amides is 2. The maximum atomic E-state index is 12.0. The van der Waals surface area contributed by atoms with Crippen molar-refractivity contribution in [1.29, 1.82) is 0 Å². The molecular formula is C16H20N2O6. The first-order chi connectivity index (χ1) is 11.7. The minimum Gasteiger partial charge on any atom is -0.410 e. The fourth-order valence-corrected chi connectivity index (χ4v) is 2.40. The second-order valence-corrected chi connectivity index (χ2v) is 5.41. The van der Waals surface area contributed by atoms with Crippen LogP contribution in [0.5, 0.6) is 11.5 Å². The van der Waals surface area contributed by atoms with E-state index in [4.69, 9.17) is 18.9 Å². The average molecular weight is 336 g/mol. The van der Waals surface area contributed by atoms with Gasteiger partial charge in [0.1, 0.15) is 11.5 Å². The van der Waals surface area contributed by atoms with E-state index in [2.05, 4.69) is 0 Å². The Morgan fingerprint density at radius 3 is 1.38 bits per heavy atom. The van der Waals surface area contributed by atoms with E-state index in [0.717, 1.165) is 0 Å². The number of hydrogen-bond acceptors (Lipinski definition) is 6. The van der Waals surface area contributed by atoms with Crippen LogP contribution in [0.25, 0.3) is 0 Å². The minimum atomic E-state index is -0.406. The van der Waals surface area contributed by atoms with E-state index in [9.17, 15) is 9.59 Å². The van der Waals surface area contributed by atoms with Crippen LogP contribution in [0.2, 0.25) is 0 Å². The zero-order chi connectivity index (χ0) is 16.8. The van der Waals surface area contributed by atoms with Crippen molar-refractivity contribution in [1.82, 2.24) is 9.80 Å². The third kappa shape index (κ3) is 4.36. The number of hydrogen-bond donors (Lipinski definition) is 0. The predicted molar refractivity (Wildman–Crippen MR) is 83.3 cm³/mol. The maximum absolute atomic E-state index is 12.0. The van der Waals surface area contributed by atoms with Gasteiger partial charge in [0.15, 0.2) is 0 Å². The van der Waals surface area contributed by atoms with Gasteiger partial charge in [-0.1, -0.05) is 0 Å². The molecule has 0 spiro atoms. The van der Waals surface area contributed by atoms with Crippen molar-refractivity contribution in [3.8, 4) is 11.5 Å². The monoisotopic (exact) mass is 336 g/mol. The first kappa shape index (κ1) is 16.5. The molecule has 8 heteroatoms. The molecule has 1 aromatic carbocycles. The van der Waals surface area contributed by atoms with Crippen LogP contribution in [0.15, 0.2) is 24.3 Å². The van der Waals surface area contributed by atoms with E-state index in [0.29, 0.717) is 64.1 Å². The topological polar surface area (TPSA) is 77.5 Å². The smallest absolute Gasteiger partial charge is 0.410 e. The van der Waals surface area contributed by atoms with Gasteiger partial charge in [-0.25, -0.2) is 9.59 Å². The Hall–Kier alpha value is -2.32. The van der Waals surface area contributed by atoms with Crippen LogP contribution in [0.4, 0.5) is 9.59 Å². The lowest BCUT2D eigenvalue weighted by Crippen LogP contribution is -2.42. The van der Waals surface area contributed by atoms with E-state index in [1.54, 1.807) is 34.1 Å². The lowest BCUT2D eigenvalue weighted by molar-refractivity contribution is 0.0412. The molecule has 0 N–H and O–H groups in total. The Morgan fingerprint density at radius 2 is 1.04 bits per heavy atom. The highest BCUT2D eigenvalue weighted by molar-refractivity contribution is 5.72. The highest BCUT2D eigenvalue weighted by atomic mass is 16.6. The highest BCUT2D eigenvalue weighted by Gasteiger charge is 2.20. The Morgan fingerprint density at radius 1 is 0.708 bits per heavy atom. The summed E-state index contributed by atoms with van der Waals surface area (Å²) in [7, 11) is 0. The number of nitrogens with zero attached hydrogens (tertiary/aromatic N) is 2. The van der Waals surface area contributed by atoms with Crippen LogP contribution < -0.4 is 9.47 Å². The van der Waals surface area contributed by atoms with Crippen LogP contribution in [-0.2, 0) is 9.47 Å². The molecule has 0 atom stereocenters. The van der Waals surface area contributed by atoms with Gasteiger partial charge < -0.3 is 28.7 Å². The van der Waals surface area contributed by atoms with Gasteiger partial charge in [0.2, 0.25) is 0 Å². The van der Waals surface area contributed by atoms with Gasteiger partial charge in [0, 0.05) is 26.2 Å². The Bertz CT molecular complexity index is 513. The molecule has 0 unspecified atom stereocenters. The molecule has 0 aromatic heterocycles. The van der Waals surface area contributed by atoms with Gasteiger partial charge in [0.05, 0.1) is 26.4 Å². The lowest BCUT2D eigenvalue weighted by atomic mass is 10.3. The van der Waals surface area contributed by atoms with Crippen molar-refractivity contribution in [3.05, 3.63) is 24.3 Å². The first-order valence-electron chi connectivity index (χ1n) is 7.91. The minimum absolute atomic E-state index is 0.401. The van der Waals surface area contributed by atoms with Crippen LogP contribution in [0, 0.1) is 0 Å². The third-order valence-electron chi connectivity index (χ3n) is 3.77. The molecule has 2 fully saturated rings. The summed E-state index contributed by atoms with van der Waals surface area (Å²) in [6.45, 7) is 4.17. The zero-order valence-corrected chi connectivity index (χ0v) is 13.3. The second-order valence-electron chi connectivity index (χ2n) is 5.41. The predicted octanol–water partition coefficient (Wildman–Crippen LogP) is 1.35. The van der Waals surface area contributed by atoms with E-state index in [1.807, 2.05) is 0 Å². The van der Waals surface area contributed by atoms with Crippen molar-refractivity contribution >= 4 is 12.2 Å². The molecule has 3 rings (SSSR count). The number of carbonyl (C=O) groups is 2. The summed E-state index contributed by atoms with van der Waals surface area (Å²) in [4.78, 5) is 27.1. The van der Waals surface area contributed by atoms with Crippen LogP contribution in [0.3, 0.4) is 0 Å². The molecule has 8 nitrogen and oxygen atoms in total. The van der Waals surface area contributed by atoms with Crippen LogP contribution in [-0.4, -0.2) is 74.6 Å². The van der Waals surface area contributed by atoms with Crippen molar-refractivity contribution in [2.75, 3.05) is 52.6 Å². The van der Waals surface area contributed by atoms with Crippen molar-refractivity contribution in [2.24, 2.45) is 0 Å². The third-order valence-corrected chi connectivity index (χ3v) is 3.77. The van der Waals surface area contributed by atoms with Gasteiger partial charge in [-0.15, -0.1) is 0 Å². The van der Waals surface area contributed by atoms with E-state index in [-0.39, 0.29) is 0 Å². The molecule has 2 aliphatic rings. The number of rotatable bonds is 2. The van der Waals surface area contributed by atoms with E-state index in [1.165, 1.54) is 0 Å². The van der Waals surface area contributed by atoms with Crippen molar-refractivity contribution in [2.45, 2.75) is 0 Å². The molecule has 2 heterocycles. The van der Waals surface area contributed by atoms with Crippen LogP contribution in [0.1, 0.15) is 0 Å². The standard InChI is InChI=1S/C16H20N2O6/c19-15(17-5-9-21-10-6-17)23-13-1-2-14(4-3-13)24-16(20)18-7-11-22-12-8-18/h1-4H,5-12H2. The molecule has 130 valence electrons. The molecule has 0 radical (unpaired) electrons. The fourth-order valence-electron chi connectivity index (χ4n) is 2.40. The molecule has 24 heavy (non-hydrogen) atoms. The normalized spacial score (nSPS) is 18.2. The SMILES string of the molecule is O=C(Oc1ccc(OC(=O)N2CCOCC2)cc1)N1CCOCC1. The van der Waals surface area contributed by atoms with Gasteiger partial charge >= 0.3 is 12.2 Å². The number of ether oxygens (including phenoxy) is 4. The first-order valence-corrected chi connectivity index (χ1v) is 7.91. The summed E-state index contributed by atoms with van der Waals surface area (Å²) in [6, 6.07) is 6.39. The number of benzene rings is 1. The molecule has 1 aromatic rings. The summed E-state index contributed by atoms with van der Waals surface area (Å²) in [6.07, 6.45) is -0.812. The summed E-state index contributed by atoms with van der Waals surface area (Å²) in [5.74, 6) is 0.801. The largest absolute Gasteiger partial charge is 0.415 e. The maximum Gasteiger partial charge on any atom is 0.415 e. The van der Waals surface area contributed by atoms with Gasteiger partial charge in [-0.3, -0.25) is 0 Å². The summed E-state index contributed by atoms with van der Waals surface area (Å²) >= 11 is 0. The quantitative estimate of drug-likeness (QED) is 0.811. The van der Waals surface area contributed by atoms with Gasteiger partial charge in [-0.05, 0) is 24.3 Å². The molecule has 0 aliphatic carbocycles.